The van der Waals surface area contributed by atoms with Crippen LogP contribution in [0.25, 0.3) is 0 Å². The zero-order valence-corrected chi connectivity index (χ0v) is 21.7. The Labute approximate surface area is 207 Å². The minimum Gasteiger partial charge on any atom is -0.493 e. The van der Waals surface area contributed by atoms with Gasteiger partial charge in [0, 0.05) is 39.3 Å². The van der Waals surface area contributed by atoms with Gasteiger partial charge in [-0.3, -0.25) is 0 Å². The van der Waals surface area contributed by atoms with Gasteiger partial charge in [0.15, 0.2) is 11.5 Å². The van der Waals surface area contributed by atoms with Gasteiger partial charge in [-0.2, -0.15) is 0 Å². The van der Waals surface area contributed by atoms with E-state index in [0.29, 0.717) is 44.1 Å². The van der Waals surface area contributed by atoms with Crippen molar-refractivity contribution in [3.05, 3.63) is 35.4 Å². The molecule has 35 heavy (non-hydrogen) atoms. The number of ether oxygens (including phenoxy) is 6. The van der Waals surface area contributed by atoms with Gasteiger partial charge in [0.25, 0.3) is 0 Å². The Balaban J connectivity index is 1.88. The number of hydrogen-bond donors (Lipinski definition) is 1. The van der Waals surface area contributed by atoms with Gasteiger partial charge < -0.3 is 38.4 Å². The van der Waals surface area contributed by atoms with Crippen LogP contribution >= 0.6 is 0 Å². The Kier molecular flexibility index (Phi) is 9.04. The van der Waals surface area contributed by atoms with Crippen LogP contribution in [0.1, 0.15) is 44.7 Å². The lowest BCUT2D eigenvalue weighted by Gasteiger charge is -2.37. The van der Waals surface area contributed by atoms with Crippen LogP contribution in [0.3, 0.4) is 0 Å². The third-order valence-corrected chi connectivity index (χ3v) is 6.22. The van der Waals surface area contributed by atoms with Crippen molar-refractivity contribution in [3.63, 3.8) is 0 Å². The topological polar surface area (TPSA) is 95.9 Å². The largest absolute Gasteiger partial charge is 0.493 e. The number of aliphatic hydroxyl groups is 1. The van der Waals surface area contributed by atoms with Crippen molar-refractivity contribution < 1.29 is 38.3 Å². The van der Waals surface area contributed by atoms with Crippen molar-refractivity contribution in [2.24, 2.45) is 0 Å². The summed E-state index contributed by atoms with van der Waals surface area (Å²) in [7, 11) is 4.93. The number of fused-ring (bicyclic) bond motifs is 3. The number of amides is 1. The standard InChI is InChI=1S/C26H39NO8/c1-25(2,3)35-24(29)27(4)16-18-7-8-20(31-6)23-22(18)26(11-12-28)10-9-19(15-21(26)34-23)33-17-32-14-13-30-5/h7-10,19,21,28H,11-17H2,1-6H3. The average Bonchev–Trinajstić information content (AvgIpc) is 3.13. The monoisotopic (exact) mass is 493 g/mol. The first-order valence-corrected chi connectivity index (χ1v) is 11.9. The van der Waals surface area contributed by atoms with Gasteiger partial charge in [-0.1, -0.05) is 18.2 Å². The van der Waals surface area contributed by atoms with E-state index >= 15 is 0 Å². The van der Waals surface area contributed by atoms with Crippen LogP contribution in [-0.2, 0) is 30.9 Å². The van der Waals surface area contributed by atoms with Crippen LogP contribution in [0.15, 0.2) is 24.3 Å². The zero-order chi connectivity index (χ0) is 25.6. The second-order valence-corrected chi connectivity index (χ2v) is 9.91. The molecule has 9 heteroatoms. The smallest absolute Gasteiger partial charge is 0.410 e. The Morgan fingerprint density at radius 1 is 1.26 bits per heavy atom. The molecule has 1 aliphatic carbocycles. The van der Waals surface area contributed by atoms with Crippen molar-refractivity contribution in [1.82, 2.24) is 4.90 Å². The second kappa shape index (κ2) is 11.6. The molecule has 0 bridgehead atoms. The predicted octanol–water partition coefficient (Wildman–Crippen LogP) is 3.41. The molecule has 1 heterocycles. The molecule has 0 spiro atoms. The lowest BCUT2D eigenvalue weighted by Crippen LogP contribution is -2.44. The highest BCUT2D eigenvalue weighted by molar-refractivity contribution is 5.68. The van der Waals surface area contributed by atoms with Crippen molar-refractivity contribution in [2.45, 2.75) is 63.4 Å². The minimum absolute atomic E-state index is 0.0200. The highest BCUT2D eigenvalue weighted by Gasteiger charge is 2.52. The zero-order valence-electron chi connectivity index (χ0n) is 21.7. The molecular weight excluding hydrogens is 454 g/mol. The number of benzene rings is 1. The molecule has 1 aromatic carbocycles. The molecule has 0 fully saturated rings. The maximum atomic E-state index is 12.6. The molecule has 196 valence electrons. The molecule has 0 aromatic heterocycles. The van der Waals surface area contributed by atoms with Crippen molar-refractivity contribution in [1.29, 1.82) is 0 Å². The summed E-state index contributed by atoms with van der Waals surface area (Å²) in [6.45, 7) is 6.94. The molecule has 1 aromatic rings. The molecule has 9 nitrogen and oxygen atoms in total. The summed E-state index contributed by atoms with van der Waals surface area (Å²) in [5.41, 5.74) is 0.683. The number of carbonyl (C=O) groups is 1. The summed E-state index contributed by atoms with van der Waals surface area (Å²) in [5.74, 6) is 1.26. The third-order valence-electron chi connectivity index (χ3n) is 6.22. The fraction of sp³-hybridized carbons (Fsp3) is 0.654. The van der Waals surface area contributed by atoms with Crippen molar-refractivity contribution in [2.75, 3.05) is 47.9 Å². The number of rotatable bonds is 11. The second-order valence-electron chi connectivity index (χ2n) is 9.91. The van der Waals surface area contributed by atoms with Crippen LogP contribution in [-0.4, -0.2) is 81.8 Å². The lowest BCUT2D eigenvalue weighted by molar-refractivity contribution is -0.0959. The van der Waals surface area contributed by atoms with Crippen LogP contribution in [0, 0.1) is 0 Å². The van der Waals surface area contributed by atoms with Gasteiger partial charge in [0.05, 0.1) is 31.8 Å². The van der Waals surface area contributed by atoms with E-state index in [1.165, 1.54) is 0 Å². The van der Waals surface area contributed by atoms with Gasteiger partial charge in [0.2, 0.25) is 0 Å². The SMILES string of the molecule is COCCOCOC1C=CC2(CCO)c3c(CN(C)C(=O)OC(C)(C)C)ccc(OC)c3OC2C1. The molecule has 2 aliphatic rings. The quantitative estimate of drug-likeness (QED) is 0.285. The van der Waals surface area contributed by atoms with Gasteiger partial charge >= 0.3 is 6.09 Å². The molecule has 3 rings (SSSR count). The minimum atomic E-state index is -0.589. The highest BCUT2D eigenvalue weighted by Crippen LogP contribution is 2.54. The lowest BCUT2D eigenvalue weighted by atomic mass is 9.68. The molecule has 1 amide bonds. The normalized spacial score (nSPS) is 22.8. The fourth-order valence-corrected chi connectivity index (χ4v) is 4.62. The van der Waals surface area contributed by atoms with Gasteiger partial charge in [-0.05, 0) is 38.8 Å². The number of nitrogens with zero attached hydrogens (tertiary/aromatic N) is 1. The first kappa shape index (κ1) is 27.3. The maximum Gasteiger partial charge on any atom is 0.410 e. The van der Waals surface area contributed by atoms with Crippen LogP contribution in [0.4, 0.5) is 4.79 Å². The Morgan fingerprint density at radius 3 is 2.69 bits per heavy atom. The Morgan fingerprint density at radius 2 is 2.03 bits per heavy atom. The summed E-state index contributed by atoms with van der Waals surface area (Å²) in [4.78, 5) is 14.2. The average molecular weight is 494 g/mol. The predicted molar refractivity (Wildman–Crippen MR) is 130 cm³/mol. The molecule has 0 radical (unpaired) electrons. The molecule has 1 aliphatic heterocycles. The molecule has 0 saturated carbocycles. The molecular formula is C26H39NO8. The summed E-state index contributed by atoms with van der Waals surface area (Å²) in [6.07, 6.45) is 4.26. The number of methoxy groups -OCH3 is 2. The van der Waals surface area contributed by atoms with Crippen LogP contribution < -0.4 is 9.47 Å². The molecule has 3 atom stereocenters. The molecule has 1 N–H and O–H groups in total. The first-order valence-electron chi connectivity index (χ1n) is 11.9. The Bertz CT molecular complexity index is 896. The van der Waals surface area contributed by atoms with E-state index in [0.717, 1.165) is 11.1 Å². The summed E-state index contributed by atoms with van der Waals surface area (Å²) >= 11 is 0. The van der Waals surface area contributed by atoms with Crippen molar-refractivity contribution >= 4 is 6.09 Å². The molecule has 0 saturated heterocycles. The van der Waals surface area contributed by atoms with E-state index in [-0.39, 0.29) is 25.6 Å². The van der Waals surface area contributed by atoms with E-state index in [1.807, 2.05) is 39.0 Å². The van der Waals surface area contributed by atoms with Crippen molar-refractivity contribution in [3.8, 4) is 11.5 Å². The third kappa shape index (κ3) is 6.27. The van der Waals surface area contributed by atoms with Crippen LogP contribution in [0.2, 0.25) is 0 Å². The highest BCUT2D eigenvalue weighted by atomic mass is 16.7. The Hall–Kier alpha value is -2.33. The molecule has 3 unspecified atom stereocenters. The van der Waals surface area contributed by atoms with Crippen LogP contribution in [0.5, 0.6) is 11.5 Å². The number of carbonyl (C=O) groups excluding carboxylic acids is 1. The number of aliphatic hydroxyl groups excluding tert-OH is 1. The fourth-order valence-electron chi connectivity index (χ4n) is 4.62. The van der Waals surface area contributed by atoms with E-state index in [4.69, 9.17) is 28.4 Å². The first-order chi connectivity index (χ1) is 16.6. The van der Waals surface area contributed by atoms with E-state index < -0.39 is 17.1 Å². The summed E-state index contributed by atoms with van der Waals surface area (Å²) in [6, 6.07) is 3.80. The van der Waals surface area contributed by atoms with E-state index in [2.05, 4.69) is 6.08 Å². The van der Waals surface area contributed by atoms with Gasteiger partial charge in [-0.15, -0.1) is 0 Å². The maximum absolute atomic E-state index is 12.6. The van der Waals surface area contributed by atoms with Gasteiger partial charge in [0.1, 0.15) is 18.5 Å². The summed E-state index contributed by atoms with van der Waals surface area (Å²) < 4.78 is 33.9. The van der Waals surface area contributed by atoms with E-state index in [9.17, 15) is 9.90 Å². The number of hydrogen-bond acceptors (Lipinski definition) is 8. The van der Waals surface area contributed by atoms with E-state index in [1.54, 1.807) is 26.2 Å². The summed E-state index contributed by atoms with van der Waals surface area (Å²) in [5, 5.41) is 10.0. The van der Waals surface area contributed by atoms with Gasteiger partial charge in [-0.25, -0.2) is 4.79 Å².